The van der Waals surface area contributed by atoms with Gasteiger partial charge in [-0.1, -0.05) is 42.5 Å². The summed E-state index contributed by atoms with van der Waals surface area (Å²) in [6.07, 6.45) is -1.18. The van der Waals surface area contributed by atoms with Crippen LogP contribution in [0.4, 0.5) is 4.39 Å². The predicted molar refractivity (Wildman–Crippen MR) is 69.9 cm³/mol. The molecule has 0 saturated heterocycles. The van der Waals surface area contributed by atoms with Crippen molar-refractivity contribution in [1.82, 2.24) is 0 Å². The quantitative estimate of drug-likeness (QED) is 0.935. The van der Waals surface area contributed by atoms with E-state index in [0.717, 1.165) is 6.07 Å². The Morgan fingerprint density at radius 3 is 2.21 bits per heavy atom. The number of sulfone groups is 1. The summed E-state index contributed by atoms with van der Waals surface area (Å²) in [6, 6.07) is 13.6. The molecule has 3 nitrogen and oxygen atoms in total. The number of aliphatic hydroxyl groups excluding tert-OH is 1. The molecule has 2 rings (SSSR count). The molecule has 0 aliphatic heterocycles. The van der Waals surface area contributed by atoms with Crippen molar-refractivity contribution in [3.05, 3.63) is 66.0 Å². The van der Waals surface area contributed by atoms with Gasteiger partial charge in [0.15, 0.2) is 9.84 Å². The van der Waals surface area contributed by atoms with Crippen molar-refractivity contribution in [2.24, 2.45) is 0 Å². The molecule has 0 spiro atoms. The van der Waals surface area contributed by atoms with Crippen LogP contribution in [0.1, 0.15) is 11.7 Å². The molecule has 100 valence electrons. The van der Waals surface area contributed by atoms with E-state index in [0.29, 0.717) is 5.56 Å². The SMILES string of the molecule is O=S(=O)(CC(O)c1ccccc1)c1ccccc1F. The van der Waals surface area contributed by atoms with Gasteiger partial charge in [0.25, 0.3) is 0 Å². The molecule has 1 unspecified atom stereocenters. The second-order valence-electron chi connectivity index (χ2n) is 4.14. The van der Waals surface area contributed by atoms with Crippen molar-refractivity contribution in [3.8, 4) is 0 Å². The monoisotopic (exact) mass is 280 g/mol. The first-order chi connectivity index (χ1) is 9.00. The topological polar surface area (TPSA) is 54.4 Å². The van der Waals surface area contributed by atoms with E-state index in [1.54, 1.807) is 30.3 Å². The predicted octanol–water partition coefficient (Wildman–Crippen LogP) is 2.33. The van der Waals surface area contributed by atoms with Gasteiger partial charge in [-0.15, -0.1) is 0 Å². The van der Waals surface area contributed by atoms with Gasteiger partial charge in [0, 0.05) is 0 Å². The Labute approximate surface area is 111 Å². The molecule has 5 heteroatoms. The van der Waals surface area contributed by atoms with Crippen LogP contribution in [-0.2, 0) is 9.84 Å². The number of benzene rings is 2. The van der Waals surface area contributed by atoms with Gasteiger partial charge in [-0.3, -0.25) is 0 Å². The summed E-state index contributed by atoms with van der Waals surface area (Å²) in [5.74, 6) is -1.35. The van der Waals surface area contributed by atoms with Crippen LogP contribution in [0.5, 0.6) is 0 Å². The number of rotatable bonds is 4. The Balaban J connectivity index is 2.26. The van der Waals surface area contributed by atoms with Gasteiger partial charge in [-0.05, 0) is 17.7 Å². The highest BCUT2D eigenvalue weighted by atomic mass is 32.2. The molecule has 0 aliphatic rings. The highest BCUT2D eigenvalue weighted by Crippen LogP contribution is 2.21. The first-order valence-corrected chi connectivity index (χ1v) is 7.36. The van der Waals surface area contributed by atoms with Crippen molar-refractivity contribution < 1.29 is 17.9 Å². The fraction of sp³-hybridized carbons (Fsp3) is 0.143. The molecule has 1 atom stereocenters. The van der Waals surface area contributed by atoms with Crippen molar-refractivity contribution in [3.63, 3.8) is 0 Å². The van der Waals surface area contributed by atoms with Crippen molar-refractivity contribution in [2.45, 2.75) is 11.0 Å². The molecule has 0 aliphatic carbocycles. The fourth-order valence-corrected chi connectivity index (χ4v) is 3.20. The summed E-state index contributed by atoms with van der Waals surface area (Å²) in [5, 5.41) is 9.91. The zero-order valence-electron chi connectivity index (χ0n) is 10.0. The van der Waals surface area contributed by atoms with Gasteiger partial charge in [0.2, 0.25) is 0 Å². The van der Waals surface area contributed by atoms with Crippen LogP contribution < -0.4 is 0 Å². The van der Waals surface area contributed by atoms with Crippen LogP contribution in [0.25, 0.3) is 0 Å². The molecular weight excluding hydrogens is 267 g/mol. The summed E-state index contributed by atoms with van der Waals surface area (Å²) >= 11 is 0. The van der Waals surface area contributed by atoms with Gasteiger partial charge in [-0.25, -0.2) is 12.8 Å². The minimum Gasteiger partial charge on any atom is -0.387 e. The molecule has 1 N–H and O–H groups in total. The first kappa shape index (κ1) is 13.7. The summed E-state index contributed by atoms with van der Waals surface area (Å²) < 4.78 is 37.6. The molecule has 0 radical (unpaired) electrons. The lowest BCUT2D eigenvalue weighted by Gasteiger charge is -2.12. The second kappa shape index (κ2) is 5.50. The number of hydrogen-bond acceptors (Lipinski definition) is 3. The lowest BCUT2D eigenvalue weighted by Crippen LogP contribution is -2.15. The Morgan fingerprint density at radius 1 is 1.00 bits per heavy atom. The average Bonchev–Trinajstić information content (AvgIpc) is 2.39. The highest BCUT2D eigenvalue weighted by Gasteiger charge is 2.23. The van der Waals surface area contributed by atoms with Crippen LogP contribution in [0.3, 0.4) is 0 Å². The number of halogens is 1. The normalized spacial score (nSPS) is 13.2. The maximum absolute atomic E-state index is 13.5. The molecule has 0 aromatic heterocycles. The summed E-state index contributed by atoms with van der Waals surface area (Å²) in [4.78, 5) is -0.384. The third-order valence-corrected chi connectivity index (χ3v) is 4.49. The Kier molecular flexibility index (Phi) is 3.97. The van der Waals surface area contributed by atoms with Crippen LogP contribution in [0.15, 0.2) is 59.5 Å². The molecule has 0 amide bonds. The van der Waals surface area contributed by atoms with E-state index in [4.69, 9.17) is 0 Å². The van der Waals surface area contributed by atoms with Crippen LogP contribution >= 0.6 is 0 Å². The van der Waals surface area contributed by atoms with Gasteiger partial charge < -0.3 is 5.11 Å². The smallest absolute Gasteiger partial charge is 0.184 e. The largest absolute Gasteiger partial charge is 0.387 e. The molecule has 0 saturated carbocycles. The van der Waals surface area contributed by atoms with E-state index >= 15 is 0 Å². The highest BCUT2D eigenvalue weighted by molar-refractivity contribution is 7.91. The molecule has 2 aromatic rings. The fourth-order valence-electron chi connectivity index (χ4n) is 1.77. The minimum absolute atomic E-state index is 0.384. The van der Waals surface area contributed by atoms with Crippen LogP contribution in [0, 0.1) is 5.82 Å². The Bertz CT molecular complexity index is 653. The van der Waals surface area contributed by atoms with Crippen LogP contribution in [-0.4, -0.2) is 19.3 Å². The van der Waals surface area contributed by atoms with Gasteiger partial charge >= 0.3 is 0 Å². The van der Waals surface area contributed by atoms with E-state index in [2.05, 4.69) is 0 Å². The van der Waals surface area contributed by atoms with Gasteiger partial charge in [0.05, 0.1) is 11.9 Å². The van der Waals surface area contributed by atoms with E-state index in [-0.39, 0.29) is 4.90 Å². The van der Waals surface area contributed by atoms with Crippen molar-refractivity contribution >= 4 is 9.84 Å². The lowest BCUT2D eigenvalue weighted by atomic mass is 10.1. The molecular formula is C14H13FO3S. The second-order valence-corrected chi connectivity index (χ2v) is 6.14. The van der Waals surface area contributed by atoms with E-state index in [9.17, 15) is 17.9 Å². The number of aliphatic hydroxyl groups is 1. The number of hydrogen-bond donors (Lipinski definition) is 1. The van der Waals surface area contributed by atoms with Crippen LogP contribution in [0.2, 0.25) is 0 Å². The lowest BCUT2D eigenvalue weighted by molar-refractivity contribution is 0.201. The molecule has 0 heterocycles. The Morgan fingerprint density at radius 2 is 1.58 bits per heavy atom. The molecule has 0 fully saturated rings. The van der Waals surface area contributed by atoms with Crippen molar-refractivity contribution in [2.75, 3.05) is 5.75 Å². The van der Waals surface area contributed by atoms with Gasteiger partial charge in [0.1, 0.15) is 10.7 Å². The standard InChI is InChI=1S/C14H13FO3S/c15-12-8-4-5-9-14(12)19(17,18)10-13(16)11-6-2-1-3-7-11/h1-9,13,16H,10H2. The van der Waals surface area contributed by atoms with Gasteiger partial charge in [-0.2, -0.15) is 0 Å². The zero-order valence-corrected chi connectivity index (χ0v) is 10.8. The zero-order chi connectivity index (χ0) is 13.9. The third kappa shape index (κ3) is 3.19. The summed E-state index contributed by atoms with van der Waals surface area (Å²) in [7, 11) is -3.86. The van der Waals surface area contributed by atoms with E-state index in [1.165, 1.54) is 18.2 Å². The van der Waals surface area contributed by atoms with E-state index < -0.39 is 27.5 Å². The summed E-state index contributed by atoms with van der Waals surface area (Å²) in [5.41, 5.74) is 0.488. The van der Waals surface area contributed by atoms with E-state index in [1.807, 2.05) is 0 Å². The molecule has 19 heavy (non-hydrogen) atoms. The maximum atomic E-state index is 13.5. The first-order valence-electron chi connectivity index (χ1n) is 5.71. The minimum atomic E-state index is -3.86. The maximum Gasteiger partial charge on any atom is 0.184 e. The summed E-state index contributed by atoms with van der Waals surface area (Å²) in [6.45, 7) is 0. The molecule has 2 aromatic carbocycles. The third-order valence-electron chi connectivity index (χ3n) is 2.73. The average molecular weight is 280 g/mol. The van der Waals surface area contributed by atoms with Crippen molar-refractivity contribution in [1.29, 1.82) is 0 Å². The molecule has 0 bridgehead atoms. The Hall–Kier alpha value is -1.72.